The Bertz CT molecular complexity index is 957. The quantitative estimate of drug-likeness (QED) is 0.738. The highest BCUT2D eigenvalue weighted by molar-refractivity contribution is 9.10. The Labute approximate surface area is 166 Å². The minimum absolute atomic E-state index is 0.0271. The largest absolute Gasteiger partial charge is 0.322 e. The number of halogens is 2. The number of sulfonamides is 1. The molecule has 0 atom stereocenters. The Morgan fingerprint density at radius 2 is 1.85 bits per heavy atom. The van der Waals surface area contributed by atoms with E-state index in [9.17, 15) is 13.2 Å². The molecule has 1 saturated heterocycles. The van der Waals surface area contributed by atoms with Gasteiger partial charge in [-0.3, -0.25) is 4.79 Å². The van der Waals surface area contributed by atoms with Crippen LogP contribution in [0.25, 0.3) is 0 Å². The zero-order chi connectivity index (χ0) is 18.9. The van der Waals surface area contributed by atoms with Crippen molar-refractivity contribution in [2.75, 3.05) is 18.4 Å². The molecule has 26 heavy (non-hydrogen) atoms. The van der Waals surface area contributed by atoms with Crippen molar-refractivity contribution in [3.63, 3.8) is 0 Å². The monoisotopic (exact) mass is 456 g/mol. The summed E-state index contributed by atoms with van der Waals surface area (Å²) in [5.41, 5.74) is 1.86. The van der Waals surface area contributed by atoms with Crippen LogP contribution in [-0.2, 0) is 10.0 Å². The molecule has 2 aromatic rings. The predicted molar refractivity (Wildman–Crippen MR) is 106 cm³/mol. The van der Waals surface area contributed by atoms with Crippen molar-refractivity contribution in [3.05, 3.63) is 57.0 Å². The van der Waals surface area contributed by atoms with Crippen LogP contribution in [0.2, 0.25) is 5.02 Å². The standard InChI is InChI=1S/C18H18BrClN2O3S/c1-12-10-14(5-6-15(12)19)21-18(23)13-4-7-16(20)17(11-13)26(24,25)22-8-2-3-9-22/h4-7,10-11H,2-3,8-9H2,1H3,(H,21,23). The van der Waals surface area contributed by atoms with Crippen LogP contribution in [0.4, 0.5) is 5.69 Å². The molecule has 1 aliphatic rings. The van der Waals surface area contributed by atoms with Gasteiger partial charge in [-0.15, -0.1) is 0 Å². The number of nitrogens with zero attached hydrogens (tertiary/aromatic N) is 1. The summed E-state index contributed by atoms with van der Waals surface area (Å²) in [6.45, 7) is 2.88. The molecule has 1 fully saturated rings. The van der Waals surface area contributed by atoms with Gasteiger partial charge < -0.3 is 5.32 Å². The van der Waals surface area contributed by atoms with Gasteiger partial charge in [0.15, 0.2) is 0 Å². The van der Waals surface area contributed by atoms with Gasteiger partial charge >= 0.3 is 0 Å². The maximum absolute atomic E-state index is 12.8. The first-order chi connectivity index (χ1) is 12.3. The number of rotatable bonds is 4. The SMILES string of the molecule is Cc1cc(NC(=O)c2ccc(Cl)c(S(=O)(=O)N3CCCC3)c2)ccc1Br. The molecule has 0 aromatic heterocycles. The molecule has 0 bridgehead atoms. The van der Waals surface area contributed by atoms with E-state index in [0.29, 0.717) is 18.8 Å². The molecule has 1 amide bonds. The molecule has 1 N–H and O–H groups in total. The van der Waals surface area contributed by atoms with E-state index in [-0.39, 0.29) is 21.4 Å². The lowest BCUT2D eigenvalue weighted by Gasteiger charge is -2.17. The van der Waals surface area contributed by atoms with Gasteiger partial charge in [0.1, 0.15) is 4.90 Å². The Kier molecular flexibility index (Phi) is 5.72. The second kappa shape index (κ2) is 7.68. The van der Waals surface area contributed by atoms with Crippen LogP contribution in [-0.4, -0.2) is 31.7 Å². The molecule has 0 spiro atoms. The summed E-state index contributed by atoms with van der Waals surface area (Å²) in [6.07, 6.45) is 1.67. The fourth-order valence-corrected chi connectivity index (χ4v) is 5.10. The van der Waals surface area contributed by atoms with Crippen LogP contribution in [0.5, 0.6) is 0 Å². The minimum atomic E-state index is -3.70. The average molecular weight is 458 g/mol. The fraction of sp³-hybridized carbons (Fsp3) is 0.278. The van der Waals surface area contributed by atoms with Gasteiger partial charge in [-0.05, 0) is 61.7 Å². The van der Waals surface area contributed by atoms with Gasteiger partial charge in [-0.2, -0.15) is 4.31 Å². The third kappa shape index (κ3) is 3.96. The summed E-state index contributed by atoms with van der Waals surface area (Å²) in [4.78, 5) is 12.5. The highest BCUT2D eigenvalue weighted by Gasteiger charge is 2.29. The van der Waals surface area contributed by atoms with E-state index in [0.717, 1.165) is 22.9 Å². The summed E-state index contributed by atoms with van der Waals surface area (Å²) >= 11 is 9.53. The van der Waals surface area contributed by atoms with E-state index in [1.807, 2.05) is 19.1 Å². The van der Waals surface area contributed by atoms with Crippen LogP contribution in [0, 0.1) is 6.92 Å². The third-order valence-electron chi connectivity index (χ3n) is 4.29. The van der Waals surface area contributed by atoms with Gasteiger partial charge in [0.05, 0.1) is 5.02 Å². The molecular weight excluding hydrogens is 440 g/mol. The zero-order valence-electron chi connectivity index (χ0n) is 14.1. The summed E-state index contributed by atoms with van der Waals surface area (Å²) in [7, 11) is -3.70. The van der Waals surface area contributed by atoms with E-state index in [1.54, 1.807) is 6.07 Å². The van der Waals surface area contributed by atoms with Gasteiger partial charge in [-0.25, -0.2) is 8.42 Å². The van der Waals surface area contributed by atoms with Gasteiger partial charge in [-0.1, -0.05) is 27.5 Å². The number of hydrogen-bond donors (Lipinski definition) is 1. The number of anilines is 1. The summed E-state index contributed by atoms with van der Waals surface area (Å²) < 4.78 is 27.9. The lowest BCUT2D eigenvalue weighted by atomic mass is 10.2. The number of amides is 1. The maximum Gasteiger partial charge on any atom is 0.255 e. The first kappa shape index (κ1) is 19.4. The van der Waals surface area contributed by atoms with Crippen LogP contribution in [0.3, 0.4) is 0 Å². The lowest BCUT2D eigenvalue weighted by molar-refractivity contribution is 0.102. The molecule has 0 unspecified atom stereocenters. The molecule has 0 radical (unpaired) electrons. The highest BCUT2D eigenvalue weighted by Crippen LogP contribution is 2.28. The van der Waals surface area contributed by atoms with Crippen LogP contribution < -0.4 is 5.32 Å². The van der Waals surface area contributed by atoms with E-state index in [2.05, 4.69) is 21.2 Å². The normalized spacial score (nSPS) is 15.2. The molecule has 5 nitrogen and oxygen atoms in total. The number of nitrogens with one attached hydrogen (secondary N) is 1. The number of carbonyl (C=O) groups excluding carboxylic acids is 1. The number of aryl methyl sites for hydroxylation is 1. The van der Waals surface area contributed by atoms with Gasteiger partial charge in [0.2, 0.25) is 10.0 Å². The predicted octanol–water partition coefficient (Wildman–Crippen LogP) is 4.45. The van der Waals surface area contributed by atoms with Crippen molar-refractivity contribution in [2.24, 2.45) is 0 Å². The first-order valence-corrected chi connectivity index (χ1v) is 10.8. The van der Waals surface area contributed by atoms with Crippen molar-refractivity contribution >= 4 is 49.1 Å². The summed E-state index contributed by atoms with van der Waals surface area (Å²) in [6, 6.07) is 9.76. The van der Waals surface area contributed by atoms with E-state index < -0.39 is 10.0 Å². The van der Waals surface area contributed by atoms with Gasteiger partial charge in [0, 0.05) is 28.8 Å². The molecule has 8 heteroatoms. The fourth-order valence-electron chi connectivity index (χ4n) is 2.84. The second-order valence-electron chi connectivity index (χ2n) is 6.17. The van der Waals surface area contributed by atoms with Crippen molar-refractivity contribution in [3.8, 4) is 0 Å². The van der Waals surface area contributed by atoms with E-state index in [4.69, 9.17) is 11.6 Å². The second-order valence-corrected chi connectivity index (χ2v) is 9.34. The molecule has 138 valence electrons. The smallest absolute Gasteiger partial charge is 0.255 e. The third-order valence-corrected chi connectivity index (χ3v) is 7.56. The minimum Gasteiger partial charge on any atom is -0.322 e. The Balaban J connectivity index is 1.89. The van der Waals surface area contributed by atoms with Crippen molar-refractivity contribution < 1.29 is 13.2 Å². The maximum atomic E-state index is 12.8. The van der Waals surface area contributed by atoms with Crippen LogP contribution in [0.1, 0.15) is 28.8 Å². The highest BCUT2D eigenvalue weighted by atomic mass is 79.9. The Morgan fingerprint density at radius 3 is 2.50 bits per heavy atom. The topological polar surface area (TPSA) is 66.5 Å². The molecule has 2 aromatic carbocycles. The summed E-state index contributed by atoms with van der Waals surface area (Å²) in [5, 5.41) is 2.90. The zero-order valence-corrected chi connectivity index (χ0v) is 17.3. The van der Waals surface area contributed by atoms with Crippen molar-refractivity contribution in [1.82, 2.24) is 4.31 Å². The molecule has 1 aliphatic heterocycles. The summed E-state index contributed by atoms with van der Waals surface area (Å²) in [5.74, 6) is -0.388. The number of benzene rings is 2. The average Bonchev–Trinajstić information content (AvgIpc) is 3.14. The van der Waals surface area contributed by atoms with Crippen molar-refractivity contribution in [1.29, 1.82) is 0 Å². The number of hydrogen-bond acceptors (Lipinski definition) is 3. The van der Waals surface area contributed by atoms with Crippen molar-refractivity contribution in [2.45, 2.75) is 24.7 Å². The molecular formula is C18H18BrClN2O3S. The molecule has 0 saturated carbocycles. The lowest BCUT2D eigenvalue weighted by Crippen LogP contribution is -2.28. The van der Waals surface area contributed by atoms with Crippen LogP contribution >= 0.6 is 27.5 Å². The molecule has 1 heterocycles. The molecule has 3 rings (SSSR count). The van der Waals surface area contributed by atoms with Crippen LogP contribution in [0.15, 0.2) is 45.8 Å². The van der Waals surface area contributed by atoms with Gasteiger partial charge in [0.25, 0.3) is 5.91 Å². The van der Waals surface area contributed by atoms with E-state index >= 15 is 0 Å². The molecule has 0 aliphatic carbocycles. The Hall–Kier alpha value is -1.41. The number of carbonyl (C=O) groups is 1. The van der Waals surface area contributed by atoms with E-state index in [1.165, 1.54) is 22.5 Å². The first-order valence-electron chi connectivity index (χ1n) is 8.16. The Morgan fingerprint density at radius 1 is 1.15 bits per heavy atom.